The molecule has 0 saturated carbocycles. The van der Waals surface area contributed by atoms with Gasteiger partial charge in [0.05, 0.1) is 18.4 Å². The summed E-state index contributed by atoms with van der Waals surface area (Å²) in [5.41, 5.74) is 0.783. The molecule has 1 aromatic heterocycles. The molecule has 3 rings (SSSR count). The molecule has 27 heavy (non-hydrogen) atoms. The lowest BCUT2D eigenvalue weighted by Gasteiger charge is -2.06. The van der Waals surface area contributed by atoms with Crippen molar-refractivity contribution in [3.63, 3.8) is 0 Å². The second kappa shape index (κ2) is 7.94. The van der Waals surface area contributed by atoms with Crippen molar-refractivity contribution in [1.82, 2.24) is 10.5 Å². The molecule has 0 radical (unpaired) electrons. The van der Waals surface area contributed by atoms with Crippen LogP contribution in [0.25, 0.3) is 11.3 Å². The summed E-state index contributed by atoms with van der Waals surface area (Å²) >= 11 is 0. The zero-order chi connectivity index (χ0) is 19.4. The van der Waals surface area contributed by atoms with Crippen LogP contribution in [0.3, 0.4) is 0 Å². The van der Waals surface area contributed by atoms with Gasteiger partial charge in [-0.2, -0.15) is 0 Å². The molecule has 1 N–H and O–H groups in total. The molecule has 2 aromatic carbocycles. The third kappa shape index (κ3) is 4.11. The number of benzene rings is 2. The number of methoxy groups -OCH3 is 1. The van der Waals surface area contributed by atoms with Gasteiger partial charge >= 0.3 is 0 Å². The number of halogens is 3. The van der Waals surface area contributed by atoms with Crippen LogP contribution in [-0.2, 0) is 6.42 Å². The number of nitrogens with one attached hydrogen (secondary N) is 1. The summed E-state index contributed by atoms with van der Waals surface area (Å²) in [5, 5.41) is 6.34. The molecule has 0 saturated heterocycles. The molecule has 0 spiro atoms. The van der Waals surface area contributed by atoms with Crippen LogP contribution in [0.2, 0.25) is 0 Å². The molecule has 0 aliphatic rings. The van der Waals surface area contributed by atoms with Gasteiger partial charge in [-0.25, -0.2) is 13.2 Å². The van der Waals surface area contributed by atoms with E-state index in [1.165, 1.54) is 0 Å². The van der Waals surface area contributed by atoms with Gasteiger partial charge in [0, 0.05) is 24.6 Å². The van der Waals surface area contributed by atoms with Crippen molar-refractivity contribution in [3.05, 3.63) is 71.2 Å². The van der Waals surface area contributed by atoms with Gasteiger partial charge in [0.2, 0.25) is 0 Å². The fourth-order valence-corrected chi connectivity index (χ4v) is 2.44. The van der Waals surface area contributed by atoms with Gasteiger partial charge in [0.25, 0.3) is 5.91 Å². The first-order chi connectivity index (χ1) is 13.0. The second-order valence-corrected chi connectivity index (χ2v) is 5.64. The normalized spacial score (nSPS) is 10.7. The highest BCUT2D eigenvalue weighted by atomic mass is 19.2. The third-order valence-corrected chi connectivity index (χ3v) is 3.86. The standard InChI is InChI=1S/C19H15F3N2O3/c1-26-13-4-2-3-11(9-13)16-10-12(24-27-16)7-8-23-19(25)14-5-6-15(20)18(22)17(14)21/h2-6,9-10H,7-8H2,1H3,(H,23,25). The van der Waals surface area contributed by atoms with Gasteiger partial charge in [0.1, 0.15) is 5.75 Å². The van der Waals surface area contributed by atoms with Crippen molar-refractivity contribution in [1.29, 1.82) is 0 Å². The van der Waals surface area contributed by atoms with Crippen LogP contribution >= 0.6 is 0 Å². The number of hydrogen-bond donors (Lipinski definition) is 1. The topological polar surface area (TPSA) is 64.4 Å². The first-order valence-electron chi connectivity index (χ1n) is 8.01. The summed E-state index contributed by atoms with van der Waals surface area (Å²) in [5.74, 6) is -4.19. The Kier molecular flexibility index (Phi) is 5.44. The maximum atomic E-state index is 13.6. The molecular weight excluding hydrogens is 361 g/mol. The van der Waals surface area contributed by atoms with E-state index in [0.29, 0.717) is 29.7 Å². The Morgan fingerprint density at radius 2 is 1.96 bits per heavy atom. The van der Waals surface area contributed by atoms with Gasteiger partial charge < -0.3 is 14.6 Å². The highest BCUT2D eigenvalue weighted by Crippen LogP contribution is 2.24. The van der Waals surface area contributed by atoms with Crippen LogP contribution in [0.15, 0.2) is 47.0 Å². The number of aromatic nitrogens is 1. The number of amides is 1. The van der Waals surface area contributed by atoms with Crippen LogP contribution in [0.1, 0.15) is 16.1 Å². The van der Waals surface area contributed by atoms with Crippen molar-refractivity contribution in [2.45, 2.75) is 6.42 Å². The number of rotatable bonds is 6. The van der Waals surface area contributed by atoms with Crippen molar-refractivity contribution in [2.75, 3.05) is 13.7 Å². The summed E-state index contributed by atoms with van der Waals surface area (Å²) in [7, 11) is 1.56. The molecule has 0 unspecified atom stereocenters. The number of carbonyl (C=O) groups is 1. The summed E-state index contributed by atoms with van der Waals surface area (Å²) in [6.07, 6.45) is 0.310. The van der Waals surface area contributed by atoms with Crippen LogP contribution in [0.4, 0.5) is 13.2 Å². The van der Waals surface area contributed by atoms with E-state index in [-0.39, 0.29) is 6.54 Å². The predicted octanol–water partition coefficient (Wildman–Crippen LogP) is 3.74. The molecule has 1 heterocycles. The molecule has 0 aliphatic carbocycles. The Bertz CT molecular complexity index is 973. The van der Waals surface area contributed by atoms with E-state index in [2.05, 4.69) is 10.5 Å². The first kappa shape index (κ1) is 18.5. The smallest absolute Gasteiger partial charge is 0.254 e. The lowest BCUT2D eigenvalue weighted by molar-refractivity contribution is 0.0948. The van der Waals surface area contributed by atoms with E-state index in [9.17, 15) is 18.0 Å². The Morgan fingerprint density at radius 1 is 1.15 bits per heavy atom. The van der Waals surface area contributed by atoms with Gasteiger partial charge in [-0.15, -0.1) is 0 Å². The molecule has 1 amide bonds. The molecule has 0 aliphatic heterocycles. The minimum Gasteiger partial charge on any atom is -0.497 e. The largest absolute Gasteiger partial charge is 0.497 e. The van der Waals surface area contributed by atoms with E-state index in [4.69, 9.17) is 9.26 Å². The highest BCUT2D eigenvalue weighted by molar-refractivity contribution is 5.94. The van der Waals surface area contributed by atoms with Gasteiger partial charge in [-0.3, -0.25) is 4.79 Å². The summed E-state index contributed by atoms with van der Waals surface area (Å²) in [6.45, 7) is 0.112. The Morgan fingerprint density at radius 3 is 2.74 bits per heavy atom. The zero-order valence-corrected chi connectivity index (χ0v) is 14.3. The van der Waals surface area contributed by atoms with E-state index < -0.39 is 28.9 Å². The van der Waals surface area contributed by atoms with Crippen molar-refractivity contribution >= 4 is 5.91 Å². The Hall–Kier alpha value is -3.29. The molecule has 0 atom stereocenters. The molecule has 5 nitrogen and oxygen atoms in total. The van der Waals surface area contributed by atoms with Gasteiger partial charge in [-0.05, 0) is 24.3 Å². The van der Waals surface area contributed by atoms with Crippen LogP contribution < -0.4 is 10.1 Å². The number of ether oxygens (including phenoxy) is 1. The maximum Gasteiger partial charge on any atom is 0.254 e. The minimum atomic E-state index is -1.68. The van der Waals surface area contributed by atoms with Crippen molar-refractivity contribution in [3.8, 4) is 17.1 Å². The molecule has 8 heteroatoms. The van der Waals surface area contributed by atoms with E-state index in [1.54, 1.807) is 25.3 Å². The fourth-order valence-electron chi connectivity index (χ4n) is 2.44. The highest BCUT2D eigenvalue weighted by Gasteiger charge is 2.18. The second-order valence-electron chi connectivity index (χ2n) is 5.64. The lowest BCUT2D eigenvalue weighted by atomic mass is 10.1. The maximum absolute atomic E-state index is 13.6. The quantitative estimate of drug-likeness (QED) is 0.666. The molecule has 140 valence electrons. The third-order valence-electron chi connectivity index (χ3n) is 3.86. The van der Waals surface area contributed by atoms with Crippen LogP contribution in [0.5, 0.6) is 5.75 Å². The minimum absolute atomic E-state index is 0.112. The molecule has 3 aromatic rings. The van der Waals surface area contributed by atoms with Crippen molar-refractivity contribution in [2.24, 2.45) is 0 Å². The van der Waals surface area contributed by atoms with E-state index in [0.717, 1.165) is 11.6 Å². The van der Waals surface area contributed by atoms with E-state index in [1.807, 2.05) is 12.1 Å². The SMILES string of the molecule is COc1cccc(-c2cc(CCNC(=O)c3ccc(F)c(F)c3F)no2)c1. The lowest BCUT2D eigenvalue weighted by Crippen LogP contribution is -2.27. The number of hydrogen-bond acceptors (Lipinski definition) is 4. The molecule has 0 bridgehead atoms. The van der Waals surface area contributed by atoms with E-state index >= 15 is 0 Å². The van der Waals surface area contributed by atoms with Gasteiger partial charge in [-0.1, -0.05) is 17.3 Å². The molecule has 0 fully saturated rings. The number of nitrogens with zero attached hydrogens (tertiary/aromatic N) is 1. The predicted molar refractivity (Wildman–Crippen MR) is 90.8 cm³/mol. The molecular formula is C19H15F3N2O3. The fraction of sp³-hybridized carbons (Fsp3) is 0.158. The average molecular weight is 376 g/mol. The van der Waals surface area contributed by atoms with Crippen LogP contribution in [0, 0.1) is 17.5 Å². The monoisotopic (exact) mass is 376 g/mol. The summed E-state index contributed by atoms with van der Waals surface area (Å²) in [4.78, 5) is 11.9. The Balaban J connectivity index is 1.61. The zero-order valence-electron chi connectivity index (χ0n) is 14.3. The first-order valence-corrected chi connectivity index (χ1v) is 8.01. The van der Waals surface area contributed by atoms with Crippen molar-refractivity contribution < 1.29 is 27.2 Å². The average Bonchev–Trinajstić information content (AvgIpc) is 3.15. The van der Waals surface area contributed by atoms with Crippen LogP contribution in [-0.4, -0.2) is 24.7 Å². The van der Waals surface area contributed by atoms with Gasteiger partial charge in [0.15, 0.2) is 23.2 Å². The number of carbonyl (C=O) groups excluding carboxylic acids is 1. The Labute approximate surface area is 152 Å². The summed E-state index contributed by atoms with van der Waals surface area (Å²) in [6, 6.07) is 10.5. The summed E-state index contributed by atoms with van der Waals surface area (Å²) < 4.78 is 50.1.